The molecule has 0 amide bonds. The van der Waals surface area contributed by atoms with Gasteiger partial charge in [0.2, 0.25) is 0 Å². The molecule has 1 heterocycles. The number of rotatable bonds is 3. The highest BCUT2D eigenvalue weighted by molar-refractivity contribution is 7.12. The molecule has 0 aliphatic heterocycles. The van der Waals surface area contributed by atoms with Crippen LogP contribution in [0.2, 0.25) is 0 Å². The van der Waals surface area contributed by atoms with Gasteiger partial charge in [0.1, 0.15) is 0 Å². The second kappa shape index (κ2) is 4.67. The average Bonchev–Trinajstić information content (AvgIpc) is 2.50. The highest BCUT2D eigenvalue weighted by atomic mass is 32.1. The van der Waals surface area contributed by atoms with E-state index >= 15 is 0 Å². The van der Waals surface area contributed by atoms with Gasteiger partial charge in [0.25, 0.3) is 0 Å². The first kappa shape index (κ1) is 12.7. The molecule has 0 saturated carbocycles. The van der Waals surface area contributed by atoms with Crippen LogP contribution in [0.25, 0.3) is 0 Å². The van der Waals surface area contributed by atoms with E-state index in [1.54, 1.807) is 0 Å². The summed E-state index contributed by atoms with van der Waals surface area (Å²) in [6.45, 7) is 11.3. The van der Waals surface area contributed by atoms with Crippen LogP contribution in [0.15, 0.2) is 12.1 Å². The first-order valence-electron chi connectivity index (χ1n) is 5.62. The van der Waals surface area contributed by atoms with Crippen molar-refractivity contribution in [1.82, 2.24) is 0 Å². The summed E-state index contributed by atoms with van der Waals surface area (Å²) in [7, 11) is 0. The Morgan fingerprint density at radius 2 is 1.93 bits per heavy atom. The zero-order chi connectivity index (χ0) is 11.6. The summed E-state index contributed by atoms with van der Waals surface area (Å²) in [4.78, 5) is 2.67. The lowest BCUT2D eigenvalue weighted by Gasteiger charge is -2.29. The quantitative estimate of drug-likeness (QED) is 0.822. The average molecular weight is 225 g/mol. The Balaban J connectivity index is 2.60. The van der Waals surface area contributed by atoms with Crippen molar-refractivity contribution in [3.05, 3.63) is 21.9 Å². The maximum atomic E-state index is 6.22. The second-order valence-corrected chi connectivity index (χ2v) is 6.88. The van der Waals surface area contributed by atoms with Crippen molar-refractivity contribution in [2.75, 3.05) is 0 Å². The molecular formula is C13H23NS. The molecule has 0 radical (unpaired) electrons. The summed E-state index contributed by atoms with van der Waals surface area (Å²) in [5.74, 6) is 0.648. The maximum Gasteiger partial charge on any atom is 0.0392 e. The van der Waals surface area contributed by atoms with Crippen LogP contribution < -0.4 is 5.73 Å². The van der Waals surface area contributed by atoms with Gasteiger partial charge in [-0.25, -0.2) is 0 Å². The van der Waals surface area contributed by atoms with Crippen LogP contribution in [0.4, 0.5) is 0 Å². The van der Waals surface area contributed by atoms with E-state index in [4.69, 9.17) is 5.73 Å². The van der Waals surface area contributed by atoms with Crippen LogP contribution in [0.1, 0.15) is 49.9 Å². The van der Waals surface area contributed by atoms with E-state index in [-0.39, 0.29) is 6.04 Å². The van der Waals surface area contributed by atoms with Crippen LogP contribution in [-0.2, 0) is 0 Å². The minimum Gasteiger partial charge on any atom is -0.323 e. The third-order valence-corrected chi connectivity index (χ3v) is 4.35. The molecule has 2 atom stereocenters. The van der Waals surface area contributed by atoms with Crippen molar-refractivity contribution in [1.29, 1.82) is 0 Å². The molecule has 0 spiro atoms. The molecule has 2 N–H and O–H groups in total. The highest BCUT2D eigenvalue weighted by Gasteiger charge is 2.23. The molecule has 0 aliphatic carbocycles. The summed E-state index contributed by atoms with van der Waals surface area (Å²) >= 11 is 1.82. The summed E-state index contributed by atoms with van der Waals surface area (Å²) in [5, 5.41) is 0. The van der Waals surface area contributed by atoms with E-state index in [9.17, 15) is 0 Å². The van der Waals surface area contributed by atoms with Gasteiger partial charge < -0.3 is 5.73 Å². The fraction of sp³-hybridized carbons (Fsp3) is 0.692. The van der Waals surface area contributed by atoms with Crippen LogP contribution in [0.5, 0.6) is 0 Å². The van der Waals surface area contributed by atoms with Crippen molar-refractivity contribution in [3.8, 4) is 0 Å². The predicted molar refractivity (Wildman–Crippen MR) is 69.2 cm³/mol. The molecule has 86 valence electrons. The smallest absolute Gasteiger partial charge is 0.0392 e. The van der Waals surface area contributed by atoms with Crippen LogP contribution in [0, 0.1) is 18.3 Å². The van der Waals surface area contributed by atoms with Crippen LogP contribution in [-0.4, -0.2) is 0 Å². The molecule has 1 aromatic rings. The van der Waals surface area contributed by atoms with Gasteiger partial charge in [-0.3, -0.25) is 0 Å². The first-order chi connectivity index (χ1) is 6.80. The molecule has 0 saturated heterocycles. The van der Waals surface area contributed by atoms with Crippen molar-refractivity contribution >= 4 is 11.3 Å². The van der Waals surface area contributed by atoms with Gasteiger partial charge in [0.15, 0.2) is 0 Å². The van der Waals surface area contributed by atoms with E-state index in [0.29, 0.717) is 11.3 Å². The molecule has 0 aliphatic rings. The lowest BCUT2D eigenvalue weighted by molar-refractivity contribution is 0.234. The van der Waals surface area contributed by atoms with Crippen molar-refractivity contribution in [2.24, 2.45) is 17.1 Å². The molecule has 0 fully saturated rings. The topological polar surface area (TPSA) is 26.0 Å². The normalized spacial score (nSPS) is 16.4. The summed E-state index contributed by atoms with van der Waals surface area (Å²) < 4.78 is 0. The molecular weight excluding hydrogens is 202 g/mol. The molecule has 1 aromatic heterocycles. The van der Waals surface area contributed by atoms with E-state index in [2.05, 4.69) is 46.8 Å². The van der Waals surface area contributed by atoms with Gasteiger partial charge in [-0.2, -0.15) is 0 Å². The van der Waals surface area contributed by atoms with E-state index < -0.39 is 0 Å². The number of thiophene rings is 1. The Labute approximate surface area is 97.7 Å². The lowest BCUT2D eigenvalue weighted by Crippen LogP contribution is -2.22. The van der Waals surface area contributed by atoms with E-state index in [0.717, 1.165) is 6.42 Å². The number of hydrogen-bond acceptors (Lipinski definition) is 2. The Kier molecular flexibility index (Phi) is 3.96. The van der Waals surface area contributed by atoms with Crippen LogP contribution >= 0.6 is 11.3 Å². The third kappa shape index (κ3) is 3.62. The highest BCUT2D eigenvalue weighted by Crippen LogP contribution is 2.33. The SMILES string of the molecule is Cc1ccc(C(N)CC(C)C(C)(C)C)s1. The minimum atomic E-state index is 0.206. The van der Waals surface area contributed by atoms with Gasteiger partial charge in [-0.05, 0) is 36.8 Å². The summed E-state index contributed by atoms with van der Waals surface area (Å²) in [6.07, 6.45) is 1.07. The molecule has 1 rings (SSSR count). The maximum absolute atomic E-state index is 6.22. The Morgan fingerprint density at radius 1 is 1.33 bits per heavy atom. The van der Waals surface area contributed by atoms with Crippen LogP contribution in [0.3, 0.4) is 0 Å². The third-order valence-electron chi connectivity index (χ3n) is 3.21. The predicted octanol–water partition coefficient (Wildman–Crippen LogP) is 4.13. The number of hydrogen-bond donors (Lipinski definition) is 1. The van der Waals surface area contributed by atoms with Crippen molar-refractivity contribution in [2.45, 2.75) is 47.1 Å². The Hall–Kier alpha value is -0.340. The largest absolute Gasteiger partial charge is 0.323 e. The van der Waals surface area contributed by atoms with Gasteiger partial charge in [0.05, 0.1) is 0 Å². The molecule has 1 nitrogen and oxygen atoms in total. The monoisotopic (exact) mass is 225 g/mol. The lowest BCUT2D eigenvalue weighted by atomic mass is 9.78. The van der Waals surface area contributed by atoms with Gasteiger partial charge >= 0.3 is 0 Å². The summed E-state index contributed by atoms with van der Waals surface area (Å²) in [5.41, 5.74) is 6.57. The number of nitrogens with two attached hydrogens (primary N) is 1. The van der Waals surface area contributed by atoms with E-state index in [1.165, 1.54) is 9.75 Å². The van der Waals surface area contributed by atoms with Gasteiger partial charge in [0, 0.05) is 15.8 Å². The molecule has 2 unspecified atom stereocenters. The fourth-order valence-corrected chi connectivity index (χ4v) is 2.39. The van der Waals surface area contributed by atoms with Crippen molar-refractivity contribution < 1.29 is 0 Å². The Morgan fingerprint density at radius 3 is 2.33 bits per heavy atom. The van der Waals surface area contributed by atoms with Gasteiger partial charge in [-0.15, -0.1) is 11.3 Å². The summed E-state index contributed by atoms with van der Waals surface area (Å²) in [6, 6.07) is 4.53. The zero-order valence-electron chi connectivity index (χ0n) is 10.5. The molecule has 0 bridgehead atoms. The molecule has 0 aromatic carbocycles. The van der Waals surface area contributed by atoms with Crippen molar-refractivity contribution in [3.63, 3.8) is 0 Å². The molecule has 2 heteroatoms. The van der Waals surface area contributed by atoms with Gasteiger partial charge in [-0.1, -0.05) is 27.7 Å². The number of aryl methyl sites for hydroxylation is 1. The fourth-order valence-electron chi connectivity index (χ4n) is 1.50. The Bertz CT molecular complexity index is 309. The standard InChI is InChI=1S/C13H23NS/c1-9(13(3,4)5)8-11(14)12-7-6-10(2)15-12/h6-7,9,11H,8,14H2,1-5H3. The first-order valence-corrected chi connectivity index (χ1v) is 6.44. The second-order valence-electron chi connectivity index (χ2n) is 5.56. The molecule has 15 heavy (non-hydrogen) atoms. The zero-order valence-corrected chi connectivity index (χ0v) is 11.3. The van der Waals surface area contributed by atoms with E-state index in [1.807, 2.05) is 11.3 Å². The minimum absolute atomic E-state index is 0.206.